The molecule has 0 saturated heterocycles. The smallest absolute Gasteiger partial charge is 0.316 e. The molecule has 0 amide bonds. The SMILES string of the molecule is CNCc1c(S(=O)(=O)NCC(F)(F)F)n[nH]c1C. The first-order valence-corrected chi connectivity index (χ1v) is 6.40. The molecule has 0 saturated carbocycles. The molecule has 10 heteroatoms. The zero-order chi connectivity index (χ0) is 14.0. The number of halogens is 3. The lowest BCUT2D eigenvalue weighted by atomic mass is 10.3. The maximum absolute atomic E-state index is 12.0. The van der Waals surface area contributed by atoms with Gasteiger partial charge in [-0.05, 0) is 14.0 Å². The highest BCUT2D eigenvalue weighted by molar-refractivity contribution is 7.89. The summed E-state index contributed by atoms with van der Waals surface area (Å²) in [6.07, 6.45) is -4.61. The Morgan fingerprint density at radius 2 is 2.00 bits per heavy atom. The van der Waals surface area contributed by atoms with E-state index in [2.05, 4.69) is 15.5 Å². The van der Waals surface area contributed by atoms with Crippen LogP contribution >= 0.6 is 0 Å². The van der Waals surface area contributed by atoms with Crippen molar-refractivity contribution in [1.29, 1.82) is 0 Å². The lowest BCUT2D eigenvalue weighted by Gasteiger charge is -2.09. The zero-order valence-corrected chi connectivity index (χ0v) is 10.5. The van der Waals surface area contributed by atoms with E-state index in [1.165, 1.54) is 4.72 Å². The van der Waals surface area contributed by atoms with Gasteiger partial charge in [0, 0.05) is 17.8 Å². The maximum atomic E-state index is 12.0. The Morgan fingerprint density at radius 3 is 2.50 bits per heavy atom. The molecular weight excluding hydrogens is 273 g/mol. The molecule has 0 bridgehead atoms. The summed E-state index contributed by atoms with van der Waals surface area (Å²) in [5, 5.41) is 8.26. The van der Waals surface area contributed by atoms with Crippen molar-refractivity contribution in [2.24, 2.45) is 0 Å². The van der Waals surface area contributed by atoms with E-state index in [-0.39, 0.29) is 6.54 Å². The van der Waals surface area contributed by atoms with Gasteiger partial charge in [-0.3, -0.25) is 5.10 Å². The second-order valence-corrected chi connectivity index (χ2v) is 5.28. The minimum Gasteiger partial charge on any atom is -0.316 e. The number of sulfonamides is 1. The summed E-state index contributed by atoms with van der Waals surface area (Å²) in [5.74, 6) is 0. The number of alkyl halides is 3. The van der Waals surface area contributed by atoms with Crippen molar-refractivity contribution in [3.05, 3.63) is 11.3 Å². The third kappa shape index (κ3) is 3.68. The van der Waals surface area contributed by atoms with Gasteiger partial charge in [-0.1, -0.05) is 0 Å². The van der Waals surface area contributed by atoms with Crippen molar-refractivity contribution < 1.29 is 21.6 Å². The van der Waals surface area contributed by atoms with Gasteiger partial charge in [0.05, 0.1) is 0 Å². The summed E-state index contributed by atoms with van der Waals surface area (Å²) in [6.45, 7) is 0.146. The van der Waals surface area contributed by atoms with E-state index in [0.29, 0.717) is 11.3 Å². The Morgan fingerprint density at radius 1 is 1.39 bits per heavy atom. The largest absolute Gasteiger partial charge is 0.402 e. The summed E-state index contributed by atoms with van der Waals surface area (Å²) in [6, 6.07) is 0. The highest BCUT2D eigenvalue weighted by atomic mass is 32.2. The molecule has 104 valence electrons. The Bertz CT molecular complexity index is 509. The van der Waals surface area contributed by atoms with Crippen molar-refractivity contribution in [1.82, 2.24) is 20.2 Å². The monoisotopic (exact) mass is 286 g/mol. The molecule has 1 rings (SSSR count). The van der Waals surface area contributed by atoms with Gasteiger partial charge in [-0.15, -0.1) is 0 Å². The second kappa shape index (κ2) is 5.24. The topological polar surface area (TPSA) is 86.9 Å². The summed E-state index contributed by atoms with van der Waals surface area (Å²) in [4.78, 5) is 0. The van der Waals surface area contributed by atoms with Crippen molar-refractivity contribution in [3.8, 4) is 0 Å². The Kier molecular flexibility index (Phi) is 4.35. The van der Waals surface area contributed by atoms with Gasteiger partial charge < -0.3 is 5.32 Å². The first-order valence-electron chi connectivity index (χ1n) is 4.92. The predicted molar refractivity (Wildman–Crippen MR) is 57.3 cm³/mol. The fraction of sp³-hybridized carbons (Fsp3) is 0.625. The van der Waals surface area contributed by atoms with E-state index >= 15 is 0 Å². The van der Waals surface area contributed by atoms with Crippen LogP contribution in [0.25, 0.3) is 0 Å². The molecule has 3 N–H and O–H groups in total. The standard InChI is InChI=1S/C8H13F3N4O2S/c1-5-6(3-12-2)7(15-14-5)18(16,17)13-4-8(9,10)11/h12-13H,3-4H2,1-2H3,(H,14,15). The number of aromatic amines is 1. The van der Waals surface area contributed by atoms with E-state index < -0.39 is 27.8 Å². The van der Waals surface area contributed by atoms with E-state index in [1.54, 1.807) is 14.0 Å². The molecule has 0 radical (unpaired) electrons. The molecule has 6 nitrogen and oxygen atoms in total. The zero-order valence-electron chi connectivity index (χ0n) is 9.72. The molecule has 0 aliphatic heterocycles. The van der Waals surface area contributed by atoms with Crippen LogP contribution in [-0.4, -0.2) is 38.4 Å². The summed E-state index contributed by atoms with van der Waals surface area (Å²) in [7, 11) is -2.69. The van der Waals surface area contributed by atoms with Gasteiger partial charge in [-0.2, -0.15) is 18.3 Å². The van der Waals surface area contributed by atoms with E-state index in [0.717, 1.165) is 0 Å². The molecule has 0 aromatic carbocycles. The number of aromatic nitrogens is 2. The van der Waals surface area contributed by atoms with Crippen LogP contribution in [0.1, 0.15) is 11.3 Å². The van der Waals surface area contributed by atoms with Gasteiger partial charge in [0.25, 0.3) is 10.0 Å². The van der Waals surface area contributed by atoms with Crippen LogP contribution in [-0.2, 0) is 16.6 Å². The third-order valence-corrected chi connectivity index (χ3v) is 3.48. The number of hydrogen-bond donors (Lipinski definition) is 3. The average molecular weight is 286 g/mol. The van der Waals surface area contributed by atoms with Crippen molar-refractivity contribution >= 4 is 10.0 Å². The number of hydrogen-bond acceptors (Lipinski definition) is 4. The molecule has 0 atom stereocenters. The number of nitrogens with one attached hydrogen (secondary N) is 3. The minimum atomic E-state index is -4.61. The average Bonchev–Trinajstić information content (AvgIpc) is 2.58. The normalized spacial score (nSPS) is 12.9. The number of H-pyrrole nitrogens is 1. The fourth-order valence-corrected chi connectivity index (χ4v) is 2.49. The Labute approximate surface area is 102 Å². The maximum Gasteiger partial charge on any atom is 0.402 e. The Balaban J connectivity index is 2.98. The first kappa shape index (κ1) is 14.9. The van der Waals surface area contributed by atoms with Gasteiger partial charge in [0.2, 0.25) is 0 Å². The molecule has 1 aromatic rings. The molecule has 0 fully saturated rings. The van der Waals surface area contributed by atoms with Crippen LogP contribution in [0.15, 0.2) is 5.03 Å². The Hall–Kier alpha value is -1.13. The van der Waals surface area contributed by atoms with Crippen LogP contribution in [0.3, 0.4) is 0 Å². The summed E-state index contributed by atoms with van der Waals surface area (Å²) >= 11 is 0. The van der Waals surface area contributed by atoms with Crippen LogP contribution in [0.2, 0.25) is 0 Å². The van der Waals surface area contributed by atoms with Gasteiger partial charge >= 0.3 is 6.18 Å². The number of rotatable bonds is 5. The molecule has 1 aromatic heterocycles. The molecule has 1 heterocycles. The van der Waals surface area contributed by atoms with Gasteiger partial charge in [0.15, 0.2) is 5.03 Å². The lowest BCUT2D eigenvalue weighted by Crippen LogP contribution is -2.34. The van der Waals surface area contributed by atoms with Gasteiger partial charge in [0.1, 0.15) is 6.54 Å². The molecule has 0 aliphatic carbocycles. The number of aryl methyl sites for hydroxylation is 1. The molecule has 0 unspecified atom stereocenters. The third-order valence-electron chi connectivity index (χ3n) is 2.11. The van der Waals surface area contributed by atoms with E-state index in [4.69, 9.17) is 0 Å². The van der Waals surface area contributed by atoms with Crippen LogP contribution in [0, 0.1) is 6.92 Å². The van der Waals surface area contributed by atoms with E-state index in [1.807, 2.05) is 0 Å². The number of nitrogens with zero attached hydrogens (tertiary/aromatic N) is 1. The summed E-state index contributed by atoms with van der Waals surface area (Å²) in [5.41, 5.74) is 0.795. The molecule has 0 spiro atoms. The highest BCUT2D eigenvalue weighted by Crippen LogP contribution is 2.18. The van der Waals surface area contributed by atoms with Crippen molar-refractivity contribution in [3.63, 3.8) is 0 Å². The molecule has 18 heavy (non-hydrogen) atoms. The van der Waals surface area contributed by atoms with Crippen LogP contribution < -0.4 is 10.0 Å². The van der Waals surface area contributed by atoms with E-state index in [9.17, 15) is 21.6 Å². The van der Waals surface area contributed by atoms with Gasteiger partial charge in [-0.25, -0.2) is 13.1 Å². The molecule has 0 aliphatic rings. The van der Waals surface area contributed by atoms with Crippen molar-refractivity contribution in [2.45, 2.75) is 24.7 Å². The minimum absolute atomic E-state index is 0.185. The van der Waals surface area contributed by atoms with Crippen molar-refractivity contribution in [2.75, 3.05) is 13.6 Å². The fourth-order valence-electron chi connectivity index (χ4n) is 1.28. The highest BCUT2D eigenvalue weighted by Gasteiger charge is 2.32. The molecular formula is C8H13F3N4O2S. The van der Waals surface area contributed by atoms with Crippen LogP contribution in [0.4, 0.5) is 13.2 Å². The second-order valence-electron chi connectivity index (χ2n) is 3.60. The summed E-state index contributed by atoms with van der Waals surface area (Å²) < 4.78 is 60.8. The predicted octanol–water partition coefficient (Wildman–Crippen LogP) is 0.278. The quantitative estimate of drug-likeness (QED) is 0.725. The lowest BCUT2D eigenvalue weighted by molar-refractivity contribution is -0.121. The van der Waals surface area contributed by atoms with Crippen LogP contribution in [0.5, 0.6) is 0 Å². The first-order chi connectivity index (χ1) is 8.17.